The molecule has 2 aromatic heterocycles. The molecule has 0 unspecified atom stereocenters. The lowest BCUT2D eigenvalue weighted by Gasteiger charge is -2.24. The SMILES string of the molecule is C=CC(=O)OCCCCCCOc1ccc(C(=O)Oc2ccc3c(c2)C(=NNc2nc4ccccc4s2)c2ccc(OC(=O)c4ccc(OCCCCCCOC(=O)C=C)cc4)cc2/C3=N/Nc2nc3ccccc3s2)cc1. The van der Waals surface area contributed by atoms with Crippen LogP contribution in [0.25, 0.3) is 20.4 Å². The minimum absolute atomic E-state index is 0.260. The number of aromatic nitrogens is 2. The second-order valence-corrected chi connectivity index (χ2v) is 19.7. The van der Waals surface area contributed by atoms with Crippen molar-refractivity contribution in [3.63, 3.8) is 0 Å². The smallest absolute Gasteiger partial charge is 0.343 e. The van der Waals surface area contributed by atoms with Crippen molar-refractivity contribution in [1.82, 2.24) is 9.97 Å². The van der Waals surface area contributed by atoms with Crippen LogP contribution in [-0.4, -0.2) is 71.7 Å². The van der Waals surface area contributed by atoms with E-state index < -0.39 is 23.9 Å². The number of carbonyl (C=O) groups excluding carboxylic acids is 4. The Hall–Kier alpha value is -9.00. The van der Waals surface area contributed by atoms with Crippen LogP contribution in [-0.2, 0) is 19.1 Å². The standard InChI is InChI=1S/C60H54N6O10S2/c1-3-53(67)73-35-15-7-5-13-33-71-41-25-21-39(22-26-41)57(69)75-43-29-31-45-47(37-43)55(63-65-59-61-49-17-9-11-19-51(49)77-59)46-32-30-44(38-48(46)56(45)64-66-60-62-50-18-10-12-20-52(50)78-60)76-58(70)40-23-27-42(28-24-40)72-34-14-6-8-16-36-74-54(68)4-2/h3-4,9-12,17-32,37-38H,1-2,5-8,13-16,33-36H2,(H,61,65)(H,62,66)/b63-55+,64-56?. The number of rotatable bonds is 26. The number of unbranched alkanes of at least 4 members (excludes halogenated alkanes) is 6. The number of hydrogen-bond donors (Lipinski definition) is 2. The van der Waals surface area contributed by atoms with Gasteiger partial charge in [-0.15, -0.1) is 0 Å². The Labute approximate surface area is 458 Å². The summed E-state index contributed by atoms with van der Waals surface area (Å²) in [6, 6.07) is 39.6. The summed E-state index contributed by atoms with van der Waals surface area (Å²) in [7, 11) is 0. The quantitative estimate of drug-likeness (QED) is 0.0171. The molecular weight excluding hydrogens is 1030 g/mol. The molecule has 0 atom stereocenters. The van der Waals surface area contributed by atoms with Crippen LogP contribution in [0, 0.1) is 0 Å². The molecule has 16 nitrogen and oxygen atoms in total. The van der Waals surface area contributed by atoms with E-state index in [2.05, 4.69) is 24.0 Å². The van der Waals surface area contributed by atoms with E-state index in [1.165, 1.54) is 22.7 Å². The predicted octanol–water partition coefficient (Wildman–Crippen LogP) is 12.7. The van der Waals surface area contributed by atoms with Crippen LogP contribution in [0.4, 0.5) is 10.3 Å². The van der Waals surface area contributed by atoms with Gasteiger partial charge in [0, 0.05) is 34.4 Å². The molecular formula is C60H54N6O10S2. The van der Waals surface area contributed by atoms with Gasteiger partial charge in [0.05, 0.1) is 69.4 Å². The summed E-state index contributed by atoms with van der Waals surface area (Å²) >= 11 is 2.90. The van der Waals surface area contributed by atoms with Gasteiger partial charge in [0.2, 0.25) is 10.3 Å². The first kappa shape index (κ1) is 53.8. The van der Waals surface area contributed by atoms with Gasteiger partial charge in [-0.25, -0.2) is 29.1 Å². The number of hydrazone groups is 2. The number of esters is 4. The third kappa shape index (κ3) is 14.3. The van der Waals surface area contributed by atoms with Crippen LogP contribution >= 0.6 is 22.7 Å². The highest BCUT2D eigenvalue weighted by atomic mass is 32.1. The van der Waals surface area contributed by atoms with Crippen LogP contribution in [0.3, 0.4) is 0 Å². The van der Waals surface area contributed by atoms with Gasteiger partial charge in [0.15, 0.2) is 0 Å². The van der Waals surface area contributed by atoms with E-state index in [1.807, 2.05) is 60.7 Å². The van der Waals surface area contributed by atoms with Gasteiger partial charge in [-0.1, -0.05) is 60.1 Å². The highest BCUT2D eigenvalue weighted by molar-refractivity contribution is 7.22. The topological polar surface area (TPSA) is 198 Å². The first-order valence-corrected chi connectivity index (χ1v) is 27.0. The van der Waals surface area contributed by atoms with Crippen molar-refractivity contribution in [2.75, 3.05) is 37.3 Å². The van der Waals surface area contributed by atoms with Gasteiger partial charge in [0.1, 0.15) is 23.0 Å². The van der Waals surface area contributed by atoms with Crippen molar-refractivity contribution in [2.24, 2.45) is 10.2 Å². The molecule has 0 fully saturated rings. The maximum Gasteiger partial charge on any atom is 0.343 e. The van der Waals surface area contributed by atoms with E-state index in [-0.39, 0.29) is 11.5 Å². The van der Waals surface area contributed by atoms with Gasteiger partial charge in [-0.3, -0.25) is 10.9 Å². The molecule has 78 heavy (non-hydrogen) atoms. The summed E-state index contributed by atoms with van der Waals surface area (Å²) < 4.78 is 35.9. The third-order valence-corrected chi connectivity index (χ3v) is 14.0. The fourth-order valence-corrected chi connectivity index (χ4v) is 9.84. The number of hydrogen-bond acceptors (Lipinski definition) is 18. The molecule has 0 aliphatic heterocycles. The van der Waals surface area contributed by atoms with Crippen molar-refractivity contribution in [1.29, 1.82) is 0 Å². The zero-order chi connectivity index (χ0) is 54.1. The molecule has 9 rings (SSSR count). The Morgan fingerprint density at radius 2 is 0.846 bits per heavy atom. The normalized spacial score (nSPS) is 12.6. The lowest BCUT2D eigenvalue weighted by molar-refractivity contribution is -0.138. The van der Waals surface area contributed by atoms with Gasteiger partial charge in [0.25, 0.3) is 0 Å². The molecule has 396 valence electrons. The summed E-state index contributed by atoms with van der Waals surface area (Å²) in [5, 5.41) is 11.1. The summed E-state index contributed by atoms with van der Waals surface area (Å²) in [5.41, 5.74) is 12.1. The van der Waals surface area contributed by atoms with Crippen molar-refractivity contribution >= 4 is 88.7 Å². The molecule has 0 radical (unpaired) electrons. The van der Waals surface area contributed by atoms with Gasteiger partial charge in [-0.05, 0) is 161 Å². The van der Waals surface area contributed by atoms with Crippen molar-refractivity contribution in [2.45, 2.75) is 51.4 Å². The maximum absolute atomic E-state index is 13.7. The number of para-hydroxylation sites is 2. The fourth-order valence-electron chi connectivity index (χ4n) is 8.22. The molecule has 0 saturated heterocycles. The van der Waals surface area contributed by atoms with E-state index >= 15 is 0 Å². The second kappa shape index (κ2) is 26.7. The van der Waals surface area contributed by atoms with E-state index in [9.17, 15) is 19.2 Å². The Morgan fingerprint density at radius 3 is 1.24 bits per heavy atom. The van der Waals surface area contributed by atoms with Gasteiger partial charge >= 0.3 is 23.9 Å². The molecule has 0 amide bonds. The van der Waals surface area contributed by atoms with Gasteiger partial charge < -0.3 is 28.4 Å². The van der Waals surface area contributed by atoms with Crippen molar-refractivity contribution in [3.8, 4) is 23.0 Å². The Balaban J connectivity index is 0.943. The average Bonchev–Trinajstić information content (AvgIpc) is 4.24. The Morgan fingerprint density at radius 1 is 0.462 bits per heavy atom. The molecule has 0 spiro atoms. The number of thiazole rings is 2. The zero-order valence-electron chi connectivity index (χ0n) is 42.4. The zero-order valence-corrected chi connectivity index (χ0v) is 44.1. The van der Waals surface area contributed by atoms with Crippen LogP contribution in [0.2, 0.25) is 0 Å². The molecule has 0 saturated carbocycles. The monoisotopic (exact) mass is 1080 g/mol. The molecule has 6 aromatic carbocycles. The average molecular weight is 1080 g/mol. The molecule has 1 aliphatic rings. The Kier molecular flexibility index (Phi) is 18.4. The number of fused-ring (bicyclic) bond motifs is 4. The first-order valence-electron chi connectivity index (χ1n) is 25.4. The van der Waals surface area contributed by atoms with E-state index in [4.69, 9.17) is 48.6 Å². The summed E-state index contributed by atoms with van der Waals surface area (Å²) in [4.78, 5) is 59.4. The van der Waals surface area contributed by atoms with E-state index in [0.29, 0.717) is 93.0 Å². The number of nitrogens with zero attached hydrogens (tertiary/aromatic N) is 4. The highest BCUT2D eigenvalue weighted by Gasteiger charge is 2.30. The third-order valence-electron chi connectivity index (χ3n) is 12.2. The van der Waals surface area contributed by atoms with Crippen molar-refractivity contribution in [3.05, 3.63) is 192 Å². The highest BCUT2D eigenvalue weighted by Crippen LogP contribution is 2.36. The Bertz CT molecular complexity index is 3220. The van der Waals surface area contributed by atoms with Crippen LogP contribution in [0.1, 0.15) is 94.3 Å². The molecule has 2 heterocycles. The number of nitrogens with one attached hydrogen (secondary N) is 2. The molecule has 2 N–H and O–H groups in total. The largest absolute Gasteiger partial charge is 0.494 e. The van der Waals surface area contributed by atoms with E-state index in [1.54, 1.807) is 72.8 Å². The summed E-state index contributed by atoms with van der Waals surface area (Å²) in [5.74, 6) is -0.232. The minimum Gasteiger partial charge on any atom is -0.494 e. The number of benzene rings is 6. The van der Waals surface area contributed by atoms with Crippen LogP contribution in [0.5, 0.6) is 23.0 Å². The first-order chi connectivity index (χ1) is 38.2. The van der Waals surface area contributed by atoms with Crippen molar-refractivity contribution < 1.29 is 47.6 Å². The number of carbonyl (C=O) groups is 4. The number of ether oxygens (including phenoxy) is 6. The summed E-state index contributed by atoms with van der Waals surface area (Å²) in [6.07, 6.45) is 9.09. The van der Waals surface area contributed by atoms with E-state index in [0.717, 1.165) is 84.0 Å². The lowest BCUT2D eigenvalue weighted by Crippen LogP contribution is -2.24. The molecule has 1 aliphatic carbocycles. The summed E-state index contributed by atoms with van der Waals surface area (Å²) in [6.45, 7) is 8.52. The molecule has 8 aromatic rings. The van der Waals surface area contributed by atoms with Crippen LogP contribution in [0.15, 0.2) is 169 Å². The fraction of sp³-hybridized carbons (Fsp3) is 0.200. The number of anilines is 2. The van der Waals surface area contributed by atoms with Gasteiger partial charge in [-0.2, -0.15) is 10.2 Å². The maximum atomic E-state index is 13.7. The minimum atomic E-state index is -0.574. The molecule has 18 heteroatoms. The molecule has 0 bridgehead atoms. The predicted molar refractivity (Wildman–Crippen MR) is 304 cm³/mol. The lowest BCUT2D eigenvalue weighted by atomic mass is 9.82. The second-order valence-electron chi connectivity index (χ2n) is 17.6. The van der Waals surface area contributed by atoms with Crippen LogP contribution < -0.4 is 29.8 Å².